The van der Waals surface area contributed by atoms with E-state index in [1.54, 1.807) is 32.9 Å². The maximum Gasteiger partial charge on any atom is 0.459 e. The number of rotatable bonds is 13. The van der Waals surface area contributed by atoms with Gasteiger partial charge in [0.15, 0.2) is 17.4 Å². The first-order valence-corrected chi connectivity index (χ1v) is 15.4. The Kier molecular flexibility index (Phi) is 10.2. The van der Waals surface area contributed by atoms with Crippen molar-refractivity contribution in [3.8, 4) is 11.6 Å². The average Bonchev–Trinajstić information content (AvgIpc) is 3.47. The summed E-state index contributed by atoms with van der Waals surface area (Å²) in [5, 5.41) is 17.9. The van der Waals surface area contributed by atoms with Crippen LogP contribution in [-0.4, -0.2) is 73.7 Å². The molecule has 0 aliphatic carbocycles. The van der Waals surface area contributed by atoms with Gasteiger partial charge in [0.2, 0.25) is 11.8 Å². The summed E-state index contributed by atoms with van der Waals surface area (Å²) in [6.07, 6.45) is -3.00. The summed E-state index contributed by atoms with van der Waals surface area (Å²) in [5.41, 5.74) is 14.1. The highest BCUT2D eigenvalue weighted by molar-refractivity contribution is 7.52. The summed E-state index contributed by atoms with van der Waals surface area (Å²) in [7, 11) is -4.40. The molecular formula is C25H33ClN9O8P. The van der Waals surface area contributed by atoms with Gasteiger partial charge in [-0.05, 0) is 52.3 Å². The van der Waals surface area contributed by atoms with E-state index in [0.717, 1.165) is 0 Å². The van der Waals surface area contributed by atoms with Gasteiger partial charge in [-0.25, -0.2) is 9.55 Å². The van der Waals surface area contributed by atoms with E-state index < -0.39 is 56.4 Å². The number of benzene rings is 1. The minimum atomic E-state index is -4.40. The number of nitrogen functional groups attached to an aromatic ring is 1. The van der Waals surface area contributed by atoms with Crippen molar-refractivity contribution < 1.29 is 37.7 Å². The van der Waals surface area contributed by atoms with Crippen LogP contribution in [0.2, 0.25) is 5.02 Å². The Hall–Kier alpha value is -3.69. The van der Waals surface area contributed by atoms with Gasteiger partial charge in [0.25, 0.3) is 0 Å². The van der Waals surface area contributed by atoms with Gasteiger partial charge in [0, 0.05) is 4.91 Å². The molecule has 0 saturated carbocycles. The summed E-state index contributed by atoms with van der Waals surface area (Å²) < 4.78 is 43.6. The number of hydrogen-bond donors (Lipinski definition) is 3. The largest absolute Gasteiger partial charge is 0.476 e. The van der Waals surface area contributed by atoms with E-state index in [1.165, 1.54) is 36.9 Å². The minimum absolute atomic E-state index is 0.00590. The number of anilines is 1. The summed E-state index contributed by atoms with van der Waals surface area (Å²) >= 11 is 6.22. The first-order chi connectivity index (χ1) is 20.8. The maximum absolute atomic E-state index is 14.0. The fourth-order valence-electron chi connectivity index (χ4n) is 4.43. The molecule has 0 spiro atoms. The first kappa shape index (κ1) is 33.2. The van der Waals surface area contributed by atoms with Crippen LogP contribution in [0.4, 0.5) is 5.95 Å². The van der Waals surface area contributed by atoms with E-state index in [-0.39, 0.29) is 40.4 Å². The number of nitrogens with zero attached hydrogens (tertiary/aromatic N) is 7. The summed E-state index contributed by atoms with van der Waals surface area (Å²) in [4.78, 5) is 28.0. The molecule has 17 nitrogen and oxygen atoms in total. The number of aromatic nitrogens is 4. The Morgan fingerprint density at radius 3 is 2.75 bits per heavy atom. The van der Waals surface area contributed by atoms with Crippen molar-refractivity contribution in [1.82, 2.24) is 24.6 Å². The van der Waals surface area contributed by atoms with Gasteiger partial charge in [-0.3, -0.25) is 13.9 Å². The van der Waals surface area contributed by atoms with E-state index in [1.807, 2.05) is 0 Å². The standard InChI is InChI=1S/C25H33ClN9O8P/c1-6-39-21-18-20(30-24(27)31-21)35(12-29-18)23-25(5,33-34-28)19(36)17(42-23)11-40-44(38,32-14(4)22(37)41-13(2)3)43-16-10-8-7-9-15(16)26/h7-10,12-14,17,19,23,36H,6,11H2,1-5H3,(H,32,38)(H2,27,30,31)/t14-,17+,19+,23+,25+,44?/m0/s1. The second-order valence-corrected chi connectivity index (χ2v) is 12.3. The van der Waals surface area contributed by atoms with Gasteiger partial charge in [-0.2, -0.15) is 15.1 Å². The molecule has 0 bridgehead atoms. The third kappa shape index (κ3) is 7.00. The number of aliphatic hydroxyl groups is 1. The van der Waals surface area contributed by atoms with Crippen molar-refractivity contribution in [3.63, 3.8) is 0 Å². The zero-order valence-electron chi connectivity index (χ0n) is 24.5. The number of halogens is 1. The Bertz CT molecular complexity index is 1600. The molecule has 0 amide bonds. The van der Waals surface area contributed by atoms with Crippen LogP contribution in [0.25, 0.3) is 21.6 Å². The molecule has 4 N–H and O–H groups in total. The van der Waals surface area contributed by atoms with Crippen LogP contribution in [0.3, 0.4) is 0 Å². The smallest absolute Gasteiger partial charge is 0.459 e. The highest BCUT2D eigenvalue weighted by atomic mass is 35.5. The van der Waals surface area contributed by atoms with Gasteiger partial charge in [-0.15, -0.1) is 0 Å². The zero-order chi connectivity index (χ0) is 32.2. The summed E-state index contributed by atoms with van der Waals surface area (Å²) in [5.74, 6) is -0.683. The van der Waals surface area contributed by atoms with Crippen LogP contribution in [0.1, 0.15) is 40.8 Å². The molecule has 0 radical (unpaired) electrons. The van der Waals surface area contributed by atoms with Crippen molar-refractivity contribution in [2.75, 3.05) is 18.9 Å². The number of carbonyl (C=O) groups excluding carboxylic acids is 1. The number of para-hydroxylation sites is 1. The minimum Gasteiger partial charge on any atom is -0.476 e. The average molecular weight is 654 g/mol. The summed E-state index contributed by atoms with van der Waals surface area (Å²) in [6.45, 7) is 7.70. The fraction of sp³-hybridized carbons (Fsp3) is 0.520. The third-order valence-corrected chi connectivity index (χ3v) is 8.42. The molecule has 238 valence electrons. The molecule has 1 saturated heterocycles. The van der Waals surface area contributed by atoms with Gasteiger partial charge < -0.3 is 29.6 Å². The van der Waals surface area contributed by atoms with Crippen molar-refractivity contribution >= 4 is 42.4 Å². The highest BCUT2D eigenvalue weighted by Crippen LogP contribution is 2.49. The normalized spacial score (nSPS) is 23.6. The Labute approximate surface area is 257 Å². The second-order valence-electron chi connectivity index (χ2n) is 10.2. The first-order valence-electron chi connectivity index (χ1n) is 13.5. The predicted molar refractivity (Wildman–Crippen MR) is 158 cm³/mol. The lowest BCUT2D eigenvalue weighted by Gasteiger charge is -2.28. The number of esters is 1. The molecule has 6 atom stereocenters. The number of aliphatic hydroxyl groups excluding tert-OH is 1. The van der Waals surface area contributed by atoms with Gasteiger partial charge in [-0.1, -0.05) is 28.8 Å². The second kappa shape index (κ2) is 13.5. The molecule has 3 aromatic rings. The zero-order valence-corrected chi connectivity index (χ0v) is 26.2. The van der Waals surface area contributed by atoms with Crippen molar-refractivity contribution in [3.05, 3.63) is 46.1 Å². The topological polar surface area (TPSA) is 231 Å². The number of azide groups is 1. The van der Waals surface area contributed by atoms with Crippen LogP contribution >= 0.6 is 19.3 Å². The quantitative estimate of drug-likeness (QED) is 0.0781. The SMILES string of the molecule is CCOc1nc(N)nc2c1ncn2[C@@H]1O[C@H](COP(=O)(N[C@@H](C)C(=O)OC(C)C)Oc2ccccc2Cl)[C@@H](O)[C@@]1(C)N=[N+]=[N-]. The Morgan fingerprint density at radius 1 is 1.36 bits per heavy atom. The van der Waals surface area contributed by atoms with Crippen LogP contribution in [0.5, 0.6) is 11.6 Å². The molecule has 3 heterocycles. The lowest BCUT2D eigenvalue weighted by Crippen LogP contribution is -2.43. The summed E-state index contributed by atoms with van der Waals surface area (Å²) in [6, 6.07) is 5.08. The van der Waals surface area contributed by atoms with E-state index in [9.17, 15) is 20.0 Å². The van der Waals surface area contributed by atoms with Crippen molar-refractivity contribution in [1.29, 1.82) is 0 Å². The van der Waals surface area contributed by atoms with E-state index in [0.29, 0.717) is 0 Å². The van der Waals surface area contributed by atoms with Crippen LogP contribution < -0.4 is 20.1 Å². The lowest BCUT2D eigenvalue weighted by atomic mass is 9.93. The molecule has 1 unspecified atom stereocenters. The van der Waals surface area contributed by atoms with Gasteiger partial charge in [0.05, 0.1) is 36.8 Å². The van der Waals surface area contributed by atoms with Gasteiger partial charge in [0.1, 0.15) is 23.4 Å². The predicted octanol–water partition coefficient (Wildman–Crippen LogP) is 3.92. The van der Waals surface area contributed by atoms with E-state index in [2.05, 4.69) is 30.1 Å². The van der Waals surface area contributed by atoms with Crippen LogP contribution in [0, 0.1) is 0 Å². The highest BCUT2D eigenvalue weighted by Gasteiger charge is 2.55. The van der Waals surface area contributed by atoms with Crippen LogP contribution in [0.15, 0.2) is 35.7 Å². The molecule has 4 rings (SSSR count). The van der Waals surface area contributed by atoms with Crippen molar-refractivity contribution in [2.24, 2.45) is 5.11 Å². The molecular weight excluding hydrogens is 621 g/mol. The Morgan fingerprint density at radius 2 is 2.09 bits per heavy atom. The molecule has 1 aromatic carbocycles. The van der Waals surface area contributed by atoms with Crippen molar-refractivity contribution in [2.45, 2.75) is 70.7 Å². The molecule has 44 heavy (non-hydrogen) atoms. The molecule has 1 aliphatic heterocycles. The Balaban J connectivity index is 1.64. The lowest BCUT2D eigenvalue weighted by molar-refractivity contribution is -0.149. The van der Waals surface area contributed by atoms with E-state index >= 15 is 0 Å². The maximum atomic E-state index is 14.0. The number of nitrogens with two attached hydrogens (primary N) is 1. The third-order valence-electron chi connectivity index (χ3n) is 6.48. The number of ether oxygens (including phenoxy) is 3. The number of nitrogens with one attached hydrogen (secondary N) is 1. The number of fused-ring (bicyclic) bond motifs is 1. The van der Waals surface area contributed by atoms with Gasteiger partial charge >= 0.3 is 13.7 Å². The monoisotopic (exact) mass is 653 g/mol. The molecule has 1 fully saturated rings. The van der Waals surface area contributed by atoms with E-state index in [4.69, 9.17) is 40.6 Å². The fourth-order valence-corrected chi connectivity index (χ4v) is 6.18. The molecule has 1 aliphatic rings. The van der Waals surface area contributed by atoms with Crippen LogP contribution in [-0.2, 0) is 23.4 Å². The number of imidazole rings is 1. The number of carbonyl (C=O) groups is 1. The molecule has 2 aromatic heterocycles. The molecule has 19 heteroatoms. The number of hydrogen-bond acceptors (Lipinski definition) is 13.